The van der Waals surface area contributed by atoms with Crippen molar-refractivity contribution in [1.82, 2.24) is 0 Å². The molecule has 1 heterocycles. The second kappa shape index (κ2) is 7.57. The fraction of sp³-hybridized carbons (Fsp3) is 0.263. The summed E-state index contributed by atoms with van der Waals surface area (Å²) in [6, 6.07) is 12.2. The molecule has 1 saturated heterocycles. The van der Waals surface area contributed by atoms with Gasteiger partial charge >= 0.3 is 6.03 Å². The summed E-state index contributed by atoms with van der Waals surface area (Å²) in [7, 11) is 0. The molecule has 130 valence electrons. The number of para-hydroxylation sites is 1. The fourth-order valence-electron chi connectivity index (χ4n) is 2.89. The van der Waals surface area contributed by atoms with Crippen LogP contribution < -0.4 is 15.5 Å². The van der Waals surface area contributed by atoms with Crippen molar-refractivity contribution in [2.75, 3.05) is 22.1 Å². The van der Waals surface area contributed by atoms with Crippen LogP contribution in [0.5, 0.6) is 0 Å². The first-order valence-corrected chi connectivity index (χ1v) is 8.66. The Balaban J connectivity index is 1.74. The Morgan fingerprint density at radius 2 is 1.92 bits per heavy atom. The van der Waals surface area contributed by atoms with E-state index < -0.39 is 0 Å². The molecule has 0 saturated carbocycles. The number of halogens is 1. The van der Waals surface area contributed by atoms with Gasteiger partial charge in [0, 0.05) is 24.3 Å². The van der Waals surface area contributed by atoms with Crippen molar-refractivity contribution in [2.45, 2.75) is 26.2 Å². The molecule has 2 N–H and O–H groups in total. The third kappa shape index (κ3) is 4.12. The monoisotopic (exact) mass is 357 g/mol. The Morgan fingerprint density at radius 1 is 1.12 bits per heavy atom. The quantitative estimate of drug-likeness (QED) is 0.828. The van der Waals surface area contributed by atoms with E-state index in [2.05, 4.69) is 10.6 Å². The van der Waals surface area contributed by atoms with Crippen molar-refractivity contribution < 1.29 is 9.59 Å². The number of piperidine rings is 1. The van der Waals surface area contributed by atoms with Crippen LogP contribution in [-0.2, 0) is 4.79 Å². The number of carbonyl (C=O) groups excluding carboxylic acids is 2. The molecule has 5 nitrogen and oxygen atoms in total. The summed E-state index contributed by atoms with van der Waals surface area (Å²) in [5.74, 6) is 0.131. The molecule has 3 amide bonds. The third-order valence-corrected chi connectivity index (χ3v) is 4.53. The zero-order chi connectivity index (χ0) is 17.8. The first-order valence-electron chi connectivity index (χ1n) is 8.28. The van der Waals surface area contributed by atoms with Crippen molar-refractivity contribution in [1.29, 1.82) is 0 Å². The average Bonchev–Trinajstić information content (AvgIpc) is 2.59. The lowest BCUT2D eigenvalue weighted by Crippen LogP contribution is -2.35. The zero-order valence-corrected chi connectivity index (χ0v) is 14.8. The third-order valence-electron chi connectivity index (χ3n) is 4.20. The molecule has 1 aliphatic rings. The van der Waals surface area contributed by atoms with Gasteiger partial charge in [-0.25, -0.2) is 4.79 Å². The van der Waals surface area contributed by atoms with E-state index in [1.807, 2.05) is 25.1 Å². The van der Waals surface area contributed by atoms with Crippen molar-refractivity contribution >= 4 is 40.6 Å². The number of hydrogen-bond acceptors (Lipinski definition) is 2. The normalized spacial score (nSPS) is 14.3. The fourth-order valence-corrected chi connectivity index (χ4v) is 3.07. The van der Waals surface area contributed by atoms with Gasteiger partial charge in [-0.2, -0.15) is 0 Å². The highest BCUT2D eigenvalue weighted by atomic mass is 35.5. The van der Waals surface area contributed by atoms with Crippen LogP contribution in [0, 0.1) is 6.92 Å². The molecule has 0 aliphatic carbocycles. The van der Waals surface area contributed by atoms with Gasteiger partial charge in [-0.1, -0.05) is 29.8 Å². The van der Waals surface area contributed by atoms with Crippen LogP contribution in [0.3, 0.4) is 0 Å². The predicted molar refractivity (Wildman–Crippen MR) is 101 cm³/mol. The van der Waals surface area contributed by atoms with Crippen LogP contribution in [0.15, 0.2) is 42.5 Å². The number of amides is 3. The number of carbonyl (C=O) groups is 2. The summed E-state index contributed by atoms with van der Waals surface area (Å²) in [6.45, 7) is 2.68. The lowest BCUT2D eigenvalue weighted by molar-refractivity contribution is -0.119. The van der Waals surface area contributed by atoms with Crippen molar-refractivity contribution in [3.8, 4) is 0 Å². The molecule has 0 aromatic heterocycles. The highest BCUT2D eigenvalue weighted by Gasteiger charge is 2.21. The summed E-state index contributed by atoms with van der Waals surface area (Å²) in [5.41, 5.74) is 3.02. The molecule has 0 unspecified atom stereocenters. The van der Waals surface area contributed by atoms with Crippen LogP contribution in [0.25, 0.3) is 0 Å². The van der Waals surface area contributed by atoms with Gasteiger partial charge in [0.15, 0.2) is 0 Å². The van der Waals surface area contributed by atoms with E-state index in [1.54, 1.807) is 29.2 Å². The molecule has 0 atom stereocenters. The molecular formula is C19H20ClN3O2. The van der Waals surface area contributed by atoms with E-state index in [0.717, 1.165) is 30.6 Å². The van der Waals surface area contributed by atoms with E-state index in [9.17, 15) is 9.59 Å². The SMILES string of the molecule is Cc1ccc(NC(=O)Nc2ccccc2Cl)cc1N1CCCCC1=O. The number of rotatable bonds is 3. The van der Waals surface area contributed by atoms with Crippen molar-refractivity contribution in [2.24, 2.45) is 0 Å². The highest BCUT2D eigenvalue weighted by Crippen LogP contribution is 2.28. The van der Waals surface area contributed by atoms with Crippen LogP contribution in [-0.4, -0.2) is 18.5 Å². The molecule has 2 aromatic carbocycles. The molecule has 0 radical (unpaired) electrons. The summed E-state index contributed by atoms with van der Waals surface area (Å²) in [4.78, 5) is 26.2. The molecule has 3 rings (SSSR count). The van der Waals surface area contributed by atoms with Crippen LogP contribution in [0.2, 0.25) is 5.02 Å². The molecular weight excluding hydrogens is 338 g/mol. The van der Waals surface area contributed by atoms with E-state index in [1.165, 1.54) is 0 Å². The number of nitrogens with one attached hydrogen (secondary N) is 2. The van der Waals surface area contributed by atoms with Gasteiger partial charge in [-0.3, -0.25) is 4.79 Å². The lowest BCUT2D eigenvalue weighted by Gasteiger charge is -2.28. The van der Waals surface area contributed by atoms with Gasteiger partial charge in [-0.05, 0) is 49.6 Å². The number of anilines is 3. The minimum absolute atomic E-state index is 0.131. The number of aryl methyl sites for hydroxylation is 1. The Morgan fingerprint density at radius 3 is 2.68 bits per heavy atom. The molecule has 1 aliphatic heterocycles. The second-order valence-corrected chi connectivity index (χ2v) is 6.47. The Hall–Kier alpha value is -2.53. The van der Waals surface area contributed by atoms with Gasteiger partial charge in [0.1, 0.15) is 0 Å². The summed E-state index contributed by atoms with van der Waals surface area (Å²) >= 11 is 6.05. The molecule has 25 heavy (non-hydrogen) atoms. The predicted octanol–water partition coefficient (Wildman–Crippen LogP) is 4.81. The average molecular weight is 358 g/mol. The summed E-state index contributed by atoms with van der Waals surface area (Å²) in [6.07, 6.45) is 2.51. The van der Waals surface area contributed by atoms with E-state index in [4.69, 9.17) is 11.6 Å². The van der Waals surface area contributed by atoms with Gasteiger partial charge in [0.2, 0.25) is 5.91 Å². The maximum absolute atomic E-state index is 12.2. The number of hydrogen-bond donors (Lipinski definition) is 2. The molecule has 2 aromatic rings. The largest absolute Gasteiger partial charge is 0.323 e. The number of benzene rings is 2. The maximum Gasteiger partial charge on any atom is 0.323 e. The summed E-state index contributed by atoms with van der Waals surface area (Å²) in [5, 5.41) is 5.98. The molecule has 6 heteroatoms. The van der Waals surface area contributed by atoms with Crippen LogP contribution in [0.1, 0.15) is 24.8 Å². The standard InChI is InChI=1S/C19H20ClN3O2/c1-13-9-10-14(12-17(13)23-11-5-4-8-18(23)24)21-19(25)22-16-7-3-2-6-15(16)20/h2-3,6-7,9-10,12H,4-5,8,11H2,1H3,(H2,21,22,25). The van der Waals surface area contributed by atoms with Crippen LogP contribution in [0.4, 0.5) is 21.9 Å². The number of urea groups is 1. The van der Waals surface area contributed by atoms with E-state index >= 15 is 0 Å². The maximum atomic E-state index is 12.2. The van der Waals surface area contributed by atoms with Gasteiger partial charge in [-0.15, -0.1) is 0 Å². The Kier molecular flexibility index (Phi) is 5.24. The van der Waals surface area contributed by atoms with Crippen LogP contribution >= 0.6 is 11.6 Å². The minimum atomic E-state index is -0.382. The summed E-state index contributed by atoms with van der Waals surface area (Å²) < 4.78 is 0. The first kappa shape index (κ1) is 17.3. The number of nitrogens with zero attached hydrogens (tertiary/aromatic N) is 1. The van der Waals surface area contributed by atoms with E-state index in [-0.39, 0.29) is 11.9 Å². The van der Waals surface area contributed by atoms with Crippen molar-refractivity contribution in [3.63, 3.8) is 0 Å². The van der Waals surface area contributed by atoms with Gasteiger partial charge in [0.05, 0.1) is 10.7 Å². The van der Waals surface area contributed by atoms with E-state index in [0.29, 0.717) is 22.8 Å². The molecule has 1 fully saturated rings. The first-order chi connectivity index (χ1) is 12.0. The van der Waals surface area contributed by atoms with Crippen molar-refractivity contribution in [3.05, 3.63) is 53.1 Å². The lowest BCUT2D eigenvalue weighted by atomic mass is 10.1. The second-order valence-electron chi connectivity index (χ2n) is 6.06. The smallest absolute Gasteiger partial charge is 0.312 e. The molecule has 0 bridgehead atoms. The topological polar surface area (TPSA) is 61.4 Å². The van der Waals surface area contributed by atoms with Gasteiger partial charge < -0.3 is 15.5 Å². The Bertz CT molecular complexity index is 807. The zero-order valence-electron chi connectivity index (χ0n) is 14.0. The minimum Gasteiger partial charge on any atom is -0.312 e. The molecule has 0 spiro atoms. The Labute approximate surface area is 152 Å². The van der Waals surface area contributed by atoms with Gasteiger partial charge in [0.25, 0.3) is 0 Å². The highest BCUT2D eigenvalue weighted by molar-refractivity contribution is 6.33.